The van der Waals surface area contributed by atoms with E-state index in [1.165, 1.54) is 0 Å². The van der Waals surface area contributed by atoms with Crippen molar-refractivity contribution in [3.8, 4) is 23.3 Å². The smallest absolute Gasteiger partial charge is 0.266 e. The Balaban J connectivity index is 1.61. The van der Waals surface area contributed by atoms with E-state index >= 15 is 0 Å². The van der Waals surface area contributed by atoms with Crippen LogP contribution >= 0.6 is 0 Å². The van der Waals surface area contributed by atoms with Crippen molar-refractivity contribution in [2.75, 3.05) is 0 Å². The van der Waals surface area contributed by atoms with E-state index in [0.717, 1.165) is 27.9 Å². The average molecular weight is 456 g/mol. The highest BCUT2D eigenvalue weighted by Gasteiger charge is 2.13. The maximum absolute atomic E-state index is 13.6. The molecule has 1 N–H and O–H groups in total. The van der Waals surface area contributed by atoms with Crippen molar-refractivity contribution >= 4 is 23.1 Å². The second-order valence-corrected chi connectivity index (χ2v) is 8.05. The third kappa shape index (κ3) is 4.73. The second kappa shape index (κ2) is 9.50. The Morgan fingerprint density at radius 1 is 0.886 bits per heavy atom. The summed E-state index contributed by atoms with van der Waals surface area (Å²) in [5.41, 5.74) is 4.71. The predicted octanol–water partition coefficient (Wildman–Crippen LogP) is 5.36. The van der Waals surface area contributed by atoms with E-state index in [1.807, 2.05) is 67.6 Å². The average Bonchev–Trinajstić information content (AvgIpc) is 2.88. The standard InChI is InChI=1S/C30H21N3O2/c1-21-19-23(8-9-24-5-4-18-31-20-24)12-16-28(21)33-29(17-13-22-10-14-25(34)15-11-22)32-27-7-3-2-6-26(27)30(33)35/h2-7,10-20,34H,1H3. The first-order chi connectivity index (χ1) is 17.1. The fourth-order valence-corrected chi connectivity index (χ4v) is 3.82. The molecule has 0 radical (unpaired) electrons. The number of aryl methyl sites for hydroxylation is 1. The highest BCUT2D eigenvalue weighted by Crippen LogP contribution is 2.20. The number of para-hydroxylation sites is 1. The van der Waals surface area contributed by atoms with Gasteiger partial charge < -0.3 is 5.11 Å². The van der Waals surface area contributed by atoms with Crippen LogP contribution in [0, 0.1) is 18.8 Å². The van der Waals surface area contributed by atoms with Gasteiger partial charge in [0.05, 0.1) is 16.6 Å². The normalized spacial score (nSPS) is 10.9. The fourth-order valence-electron chi connectivity index (χ4n) is 3.82. The Morgan fingerprint density at radius 3 is 2.46 bits per heavy atom. The number of hydrogen-bond donors (Lipinski definition) is 1. The van der Waals surface area contributed by atoms with Crippen LogP contribution in [0.25, 0.3) is 28.7 Å². The van der Waals surface area contributed by atoms with Gasteiger partial charge in [-0.15, -0.1) is 0 Å². The van der Waals surface area contributed by atoms with Crippen LogP contribution in [-0.4, -0.2) is 19.6 Å². The molecule has 0 spiro atoms. The van der Waals surface area contributed by atoms with Crippen LogP contribution in [0.3, 0.4) is 0 Å². The van der Waals surface area contributed by atoms with Gasteiger partial charge in [0, 0.05) is 23.5 Å². The van der Waals surface area contributed by atoms with Crippen molar-refractivity contribution < 1.29 is 5.11 Å². The molecular formula is C30H21N3O2. The topological polar surface area (TPSA) is 68.0 Å². The van der Waals surface area contributed by atoms with Gasteiger partial charge in [0.15, 0.2) is 0 Å². The summed E-state index contributed by atoms with van der Waals surface area (Å²) >= 11 is 0. The monoisotopic (exact) mass is 455 g/mol. The van der Waals surface area contributed by atoms with Gasteiger partial charge in [0.25, 0.3) is 5.56 Å². The molecular weight excluding hydrogens is 434 g/mol. The number of fused-ring (bicyclic) bond motifs is 1. The molecule has 0 amide bonds. The van der Waals surface area contributed by atoms with Gasteiger partial charge in [-0.3, -0.25) is 14.3 Å². The minimum absolute atomic E-state index is 0.141. The Bertz CT molecular complexity index is 1670. The molecule has 0 aliphatic carbocycles. The minimum Gasteiger partial charge on any atom is -0.508 e. The zero-order chi connectivity index (χ0) is 24.2. The van der Waals surface area contributed by atoms with Crippen molar-refractivity contribution in [1.82, 2.24) is 14.5 Å². The number of pyridine rings is 1. The SMILES string of the molecule is Cc1cc(C#Cc2cccnc2)ccc1-n1c(C=Cc2ccc(O)cc2)nc2ccccc2c1=O. The van der Waals surface area contributed by atoms with Crippen LogP contribution in [0.15, 0.2) is 96.1 Å². The molecule has 2 heterocycles. The molecule has 168 valence electrons. The summed E-state index contributed by atoms with van der Waals surface area (Å²) in [5, 5.41) is 10.1. The number of aromatic nitrogens is 3. The van der Waals surface area contributed by atoms with E-state index in [1.54, 1.807) is 47.3 Å². The highest BCUT2D eigenvalue weighted by atomic mass is 16.3. The summed E-state index contributed by atoms with van der Waals surface area (Å²) in [6.45, 7) is 1.96. The molecule has 0 atom stereocenters. The zero-order valence-corrected chi connectivity index (χ0v) is 19.0. The number of phenols is 1. The summed E-state index contributed by atoms with van der Waals surface area (Å²) in [6.07, 6.45) is 7.12. The molecule has 5 heteroatoms. The summed E-state index contributed by atoms with van der Waals surface area (Å²) < 4.78 is 1.63. The van der Waals surface area contributed by atoms with Crippen molar-refractivity contribution in [3.63, 3.8) is 0 Å². The number of benzene rings is 3. The molecule has 5 rings (SSSR count). The molecule has 35 heavy (non-hydrogen) atoms. The van der Waals surface area contributed by atoms with Gasteiger partial charge in [-0.05, 0) is 78.7 Å². The lowest BCUT2D eigenvalue weighted by atomic mass is 10.1. The third-order valence-corrected chi connectivity index (χ3v) is 5.57. The minimum atomic E-state index is -0.141. The van der Waals surface area contributed by atoms with Gasteiger partial charge in [0.1, 0.15) is 11.6 Å². The largest absolute Gasteiger partial charge is 0.508 e. The van der Waals surface area contributed by atoms with E-state index in [4.69, 9.17) is 4.98 Å². The quantitative estimate of drug-likeness (QED) is 0.372. The lowest BCUT2D eigenvalue weighted by Gasteiger charge is -2.14. The summed E-state index contributed by atoms with van der Waals surface area (Å²) in [4.78, 5) is 22.4. The predicted molar refractivity (Wildman–Crippen MR) is 139 cm³/mol. The molecule has 0 fully saturated rings. The lowest BCUT2D eigenvalue weighted by Crippen LogP contribution is -2.23. The van der Waals surface area contributed by atoms with Gasteiger partial charge in [-0.25, -0.2) is 4.98 Å². The highest BCUT2D eigenvalue weighted by molar-refractivity contribution is 5.80. The Morgan fingerprint density at radius 2 is 1.69 bits per heavy atom. The van der Waals surface area contributed by atoms with Crippen LogP contribution < -0.4 is 5.56 Å². The number of hydrogen-bond acceptors (Lipinski definition) is 4. The van der Waals surface area contributed by atoms with Crippen molar-refractivity contribution in [2.24, 2.45) is 0 Å². The van der Waals surface area contributed by atoms with Crippen LogP contribution in [0.4, 0.5) is 0 Å². The molecule has 3 aromatic carbocycles. The van der Waals surface area contributed by atoms with Gasteiger partial charge in [0.2, 0.25) is 0 Å². The first-order valence-electron chi connectivity index (χ1n) is 11.1. The molecule has 5 nitrogen and oxygen atoms in total. The van der Waals surface area contributed by atoms with Crippen LogP contribution in [0.1, 0.15) is 28.1 Å². The zero-order valence-electron chi connectivity index (χ0n) is 19.0. The van der Waals surface area contributed by atoms with Gasteiger partial charge in [-0.1, -0.05) is 42.2 Å². The number of phenolic OH excluding ortho intramolecular Hbond substituents is 1. The molecule has 0 saturated heterocycles. The van der Waals surface area contributed by atoms with Crippen LogP contribution in [0.5, 0.6) is 5.75 Å². The van der Waals surface area contributed by atoms with E-state index < -0.39 is 0 Å². The maximum Gasteiger partial charge on any atom is 0.266 e. The number of aromatic hydroxyl groups is 1. The van der Waals surface area contributed by atoms with Crippen LogP contribution in [0.2, 0.25) is 0 Å². The molecule has 0 aliphatic rings. The third-order valence-electron chi connectivity index (χ3n) is 5.57. The summed E-state index contributed by atoms with van der Waals surface area (Å²) in [6, 6.07) is 23.7. The maximum atomic E-state index is 13.6. The summed E-state index contributed by atoms with van der Waals surface area (Å²) in [5.74, 6) is 6.99. The van der Waals surface area contributed by atoms with Gasteiger partial charge in [-0.2, -0.15) is 0 Å². The van der Waals surface area contributed by atoms with Crippen molar-refractivity contribution in [2.45, 2.75) is 6.92 Å². The molecule has 2 aromatic heterocycles. The van der Waals surface area contributed by atoms with E-state index in [9.17, 15) is 9.90 Å². The van der Waals surface area contributed by atoms with Crippen molar-refractivity contribution in [1.29, 1.82) is 0 Å². The first kappa shape index (κ1) is 21.9. The molecule has 0 unspecified atom stereocenters. The second-order valence-electron chi connectivity index (χ2n) is 8.05. The van der Waals surface area contributed by atoms with E-state index in [-0.39, 0.29) is 11.3 Å². The van der Waals surface area contributed by atoms with Crippen LogP contribution in [-0.2, 0) is 0 Å². The molecule has 0 aliphatic heterocycles. The Labute approximate surface area is 202 Å². The number of rotatable bonds is 3. The van der Waals surface area contributed by atoms with E-state index in [0.29, 0.717) is 16.7 Å². The fraction of sp³-hybridized carbons (Fsp3) is 0.0333. The van der Waals surface area contributed by atoms with E-state index in [2.05, 4.69) is 16.8 Å². The lowest BCUT2D eigenvalue weighted by molar-refractivity contribution is 0.475. The molecule has 0 bridgehead atoms. The van der Waals surface area contributed by atoms with Gasteiger partial charge >= 0.3 is 0 Å². The molecule has 0 saturated carbocycles. The van der Waals surface area contributed by atoms with Crippen molar-refractivity contribution in [3.05, 3.63) is 130 Å². The summed E-state index contributed by atoms with van der Waals surface area (Å²) in [7, 11) is 0. The number of nitrogens with zero attached hydrogens (tertiary/aromatic N) is 3. The first-order valence-corrected chi connectivity index (χ1v) is 11.1. The Hall–Kier alpha value is -4.95. The molecule has 5 aromatic rings. The Kier molecular flexibility index (Phi) is 5.94.